The Balaban J connectivity index is 1.03. The zero-order valence-electron chi connectivity index (χ0n) is 27.4. The molecule has 1 aliphatic heterocycles. The highest BCUT2D eigenvalue weighted by molar-refractivity contribution is 6.12. The maximum absolute atomic E-state index is 6.94. The lowest BCUT2D eigenvalue weighted by Gasteiger charge is -2.39. The molecule has 11 rings (SSSR count). The molecule has 244 valence electrons. The van der Waals surface area contributed by atoms with Gasteiger partial charge in [-0.3, -0.25) is 16.0 Å². The van der Waals surface area contributed by atoms with Gasteiger partial charge in [-0.15, -0.1) is 0 Å². The molecule has 3 atom stereocenters. The highest BCUT2D eigenvalue weighted by atomic mass is 16.3. The Morgan fingerprint density at radius 1 is 0.353 bits per heavy atom. The lowest BCUT2D eigenvalue weighted by Crippen LogP contribution is -2.54. The van der Waals surface area contributed by atoms with Crippen LogP contribution in [0.2, 0.25) is 0 Å². The van der Waals surface area contributed by atoms with Crippen LogP contribution in [0.4, 0.5) is 0 Å². The monoisotopic (exact) mass is 661 g/mol. The number of nitrogens with one attached hydrogen (secondary N) is 3. The number of para-hydroxylation sites is 4. The van der Waals surface area contributed by atoms with E-state index in [-0.39, 0.29) is 18.5 Å². The first-order valence-corrected chi connectivity index (χ1v) is 17.4. The van der Waals surface area contributed by atoms with Gasteiger partial charge in [0.2, 0.25) is 0 Å². The van der Waals surface area contributed by atoms with Crippen LogP contribution in [0.1, 0.15) is 35.2 Å². The van der Waals surface area contributed by atoms with Crippen molar-refractivity contribution in [2.75, 3.05) is 0 Å². The third kappa shape index (κ3) is 4.55. The van der Waals surface area contributed by atoms with Crippen LogP contribution in [0.25, 0.3) is 76.9 Å². The summed E-state index contributed by atoms with van der Waals surface area (Å²) in [5.74, 6) is 0. The van der Waals surface area contributed by atoms with E-state index in [0.29, 0.717) is 0 Å². The van der Waals surface area contributed by atoms with E-state index in [1.54, 1.807) is 0 Å². The predicted molar refractivity (Wildman–Crippen MR) is 204 cm³/mol. The largest absolute Gasteiger partial charge is 0.456 e. The van der Waals surface area contributed by atoms with E-state index in [2.05, 4.69) is 143 Å². The van der Waals surface area contributed by atoms with E-state index in [1.807, 2.05) is 24.3 Å². The molecule has 4 heterocycles. The maximum Gasteiger partial charge on any atom is 0.143 e. The van der Waals surface area contributed by atoms with Crippen LogP contribution < -0.4 is 16.0 Å². The molecule has 0 amide bonds. The second-order valence-corrected chi connectivity index (χ2v) is 13.4. The minimum Gasteiger partial charge on any atom is -0.456 e. The molecule has 10 aromatic rings. The average molecular weight is 662 g/mol. The number of hydrogen-bond acceptors (Lipinski definition) is 6. The number of fused-ring (bicyclic) bond motifs is 9. The summed E-state index contributed by atoms with van der Waals surface area (Å²) in [6.07, 6.45) is -0.527. The van der Waals surface area contributed by atoms with Crippen LogP contribution in [0.15, 0.2) is 165 Å². The van der Waals surface area contributed by atoms with Gasteiger partial charge in [-0.1, -0.05) is 121 Å². The zero-order valence-corrected chi connectivity index (χ0v) is 27.4. The summed E-state index contributed by atoms with van der Waals surface area (Å²) in [5.41, 5.74) is 10.7. The Labute approximate surface area is 292 Å². The topological polar surface area (TPSA) is 75.5 Å². The molecule has 1 aliphatic rings. The van der Waals surface area contributed by atoms with Gasteiger partial charge in [0, 0.05) is 43.4 Å². The van der Waals surface area contributed by atoms with E-state index in [1.165, 1.54) is 0 Å². The summed E-state index contributed by atoms with van der Waals surface area (Å²) >= 11 is 0. The first-order valence-electron chi connectivity index (χ1n) is 17.4. The molecular weight excluding hydrogens is 631 g/mol. The predicted octanol–water partition coefficient (Wildman–Crippen LogP) is 11.2. The second kappa shape index (κ2) is 11.2. The third-order valence-corrected chi connectivity index (χ3v) is 10.4. The smallest absolute Gasteiger partial charge is 0.143 e. The lowest BCUT2D eigenvalue weighted by atomic mass is 9.99. The summed E-state index contributed by atoms with van der Waals surface area (Å²) in [6.45, 7) is 0. The van der Waals surface area contributed by atoms with Gasteiger partial charge in [-0.25, -0.2) is 0 Å². The van der Waals surface area contributed by atoms with Gasteiger partial charge in [0.1, 0.15) is 33.5 Å². The molecule has 0 saturated carbocycles. The van der Waals surface area contributed by atoms with Crippen molar-refractivity contribution in [3.05, 3.63) is 168 Å². The average Bonchev–Trinajstić information content (AvgIpc) is 3.88. The van der Waals surface area contributed by atoms with Gasteiger partial charge >= 0.3 is 0 Å². The van der Waals surface area contributed by atoms with Gasteiger partial charge in [-0.2, -0.15) is 0 Å². The Morgan fingerprint density at radius 3 is 1.78 bits per heavy atom. The first kappa shape index (κ1) is 28.6. The zero-order chi connectivity index (χ0) is 33.5. The Morgan fingerprint density at radius 2 is 0.961 bits per heavy atom. The fraction of sp³-hybridized carbons (Fsp3) is 0.0667. The summed E-state index contributed by atoms with van der Waals surface area (Å²) in [4.78, 5) is 0. The van der Waals surface area contributed by atoms with Crippen molar-refractivity contribution in [1.29, 1.82) is 0 Å². The molecule has 0 bridgehead atoms. The van der Waals surface area contributed by atoms with Gasteiger partial charge < -0.3 is 13.3 Å². The molecule has 51 heavy (non-hydrogen) atoms. The molecule has 3 unspecified atom stereocenters. The highest BCUT2D eigenvalue weighted by Crippen LogP contribution is 2.41. The van der Waals surface area contributed by atoms with Gasteiger partial charge in [0.15, 0.2) is 0 Å². The standard InChI is InChI=1S/C45H31N3O3/c1-2-10-26(11-3-1)43-46-44(28-20-22-32-30-12-4-6-18-37(30)50-40(32)25-28)48-45(47-43)35-17-9-16-34-33-15-8-14-29(41(33)51-42(34)35)27-21-23-39-36(24-27)31-13-5-7-19-38(31)49-39/h1-25,43-48H. The van der Waals surface area contributed by atoms with Crippen LogP contribution in [0.5, 0.6) is 0 Å². The molecule has 1 fully saturated rings. The summed E-state index contributed by atoms with van der Waals surface area (Å²) in [6, 6.07) is 52.7. The van der Waals surface area contributed by atoms with Crippen LogP contribution in [-0.2, 0) is 0 Å². The lowest BCUT2D eigenvalue weighted by molar-refractivity contribution is 0.203. The fourth-order valence-electron chi connectivity index (χ4n) is 7.97. The summed E-state index contributed by atoms with van der Waals surface area (Å²) in [5, 5.41) is 18.1. The van der Waals surface area contributed by atoms with Crippen LogP contribution in [0, 0.1) is 0 Å². The molecule has 6 nitrogen and oxygen atoms in total. The summed E-state index contributed by atoms with van der Waals surface area (Å²) in [7, 11) is 0. The van der Waals surface area contributed by atoms with E-state index < -0.39 is 0 Å². The molecule has 7 aromatic carbocycles. The summed E-state index contributed by atoms with van der Waals surface area (Å²) < 4.78 is 19.4. The third-order valence-electron chi connectivity index (χ3n) is 10.4. The first-order chi connectivity index (χ1) is 25.2. The van der Waals surface area contributed by atoms with Crippen molar-refractivity contribution >= 4 is 65.8 Å². The van der Waals surface area contributed by atoms with E-state index in [4.69, 9.17) is 13.3 Å². The Kier molecular flexibility index (Phi) is 6.27. The van der Waals surface area contributed by atoms with Crippen molar-refractivity contribution in [3.8, 4) is 11.1 Å². The molecule has 0 aliphatic carbocycles. The van der Waals surface area contributed by atoms with Gasteiger partial charge in [0.25, 0.3) is 0 Å². The fourth-order valence-corrected chi connectivity index (χ4v) is 7.97. The number of rotatable bonds is 4. The van der Waals surface area contributed by atoms with Crippen LogP contribution in [0.3, 0.4) is 0 Å². The number of benzene rings is 7. The van der Waals surface area contributed by atoms with Crippen molar-refractivity contribution in [2.24, 2.45) is 0 Å². The molecule has 0 spiro atoms. The van der Waals surface area contributed by atoms with Gasteiger partial charge in [0.05, 0.1) is 18.5 Å². The number of hydrogen-bond donors (Lipinski definition) is 3. The Hall–Kier alpha value is -6.18. The van der Waals surface area contributed by atoms with Crippen LogP contribution >= 0.6 is 0 Å². The molecule has 3 N–H and O–H groups in total. The quantitative estimate of drug-likeness (QED) is 0.174. The van der Waals surface area contributed by atoms with Gasteiger partial charge in [-0.05, 0) is 47.0 Å². The van der Waals surface area contributed by atoms with E-state index >= 15 is 0 Å². The normalized spacial score (nSPS) is 18.2. The molecule has 3 aromatic heterocycles. The van der Waals surface area contributed by atoms with Crippen molar-refractivity contribution in [3.63, 3.8) is 0 Å². The minimum atomic E-state index is -0.228. The van der Waals surface area contributed by atoms with E-state index in [9.17, 15) is 0 Å². The number of furan rings is 3. The molecule has 1 saturated heterocycles. The second-order valence-electron chi connectivity index (χ2n) is 13.4. The molecular formula is C45H31N3O3. The molecule has 6 heteroatoms. The van der Waals surface area contributed by atoms with Crippen molar-refractivity contribution in [1.82, 2.24) is 16.0 Å². The van der Waals surface area contributed by atoms with E-state index in [0.717, 1.165) is 93.6 Å². The Bertz CT molecular complexity index is 2940. The van der Waals surface area contributed by atoms with Crippen molar-refractivity contribution in [2.45, 2.75) is 18.5 Å². The minimum absolute atomic E-state index is 0.125. The maximum atomic E-state index is 6.94. The SMILES string of the molecule is c1ccc(C2NC(c3ccc4c(c3)oc3ccccc34)NC(c3cccc4c3oc3c(-c5ccc6oc7ccccc7c6c5)cccc34)N2)cc1. The van der Waals surface area contributed by atoms with Crippen LogP contribution in [-0.4, -0.2) is 0 Å². The highest BCUT2D eigenvalue weighted by Gasteiger charge is 2.32. The van der Waals surface area contributed by atoms with Crippen molar-refractivity contribution < 1.29 is 13.3 Å². The molecule has 0 radical (unpaired) electrons.